The highest BCUT2D eigenvalue weighted by molar-refractivity contribution is 6.06. The number of carbonyl (C=O) groups is 1. The molecular formula is C20H17F4N3O. The molecule has 0 saturated carbocycles. The van der Waals surface area contributed by atoms with E-state index in [9.17, 15) is 22.4 Å². The second-order valence-electron chi connectivity index (χ2n) is 6.37. The van der Waals surface area contributed by atoms with E-state index >= 15 is 0 Å². The van der Waals surface area contributed by atoms with Crippen molar-refractivity contribution in [2.45, 2.75) is 19.3 Å². The zero-order valence-electron chi connectivity index (χ0n) is 15.1. The lowest BCUT2D eigenvalue weighted by molar-refractivity contribution is 0.0175. The van der Waals surface area contributed by atoms with Crippen LogP contribution in [0.2, 0.25) is 0 Å². The summed E-state index contributed by atoms with van der Waals surface area (Å²) in [5.74, 6) is -3.69. The average Bonchev–Trinajstić information content (AvgIpc) is 3.04. The minimum atomic E-state index is -2.96. The number of halogens is 4. The van der Waals surface area contributed by atoms with Gasteiger partial charge >= 0.3 is 0 Å². The maximum Gasteiger partial charge on any atom is 0.282 e. The van der Waals surface area contributed by atoms with Gasteiger partial charge in [-0.15, -0.1) is 0 Å². The van der Waals surface area contributed by atoms with Crippen molar-refractivity contribution in [2.75, 3.05) is 5.32 Å². The fourth-order valence-electron chi connectivity index (χ4n) is 2.82. The second-order valence-corrected chi connectivity index (χ2v) is 6.37. The summed E-state index contributed by atoms with van der Waals surface area (Å²) in [5, 5.41) is 6.23. The Morgan fingerprint density at radius 1 is 1.11 bits per heavy atom. The summed E-state index contributed by atoms with van der Waals surface area (Å²) >= 11 is 0. The Balaban J connectivity index is 1.92. The highest BCUT2D eigenvalue weighted by atomic mass is 19.3. The average molecular weight is 391 g/mol. The van der Waals surface area contributed by atoms with Crippen LogP contribution in [0.15, 0.2) is 54.7 Å². The van der Waals surface area contributed by atoms with E-state index in [2.05, 4.69) is 10.4 Å². The molecule has 4 nitrogen and oxygen atoms in total. The molecule has 0 unspecified atom stereocenters. The Hall–Kier alpha value is -3.16. The number of aryl methyl sites for hydroxylation is 1. The molecule has 0 aliphatic carbocycles. The largest absolute Gasteiger partial charge is 0.321 e. The molecule has 0 bridgehead atoms. The fourth-order valence-corrected chi connectivity index (χ4v) is 2.82. The number of nitrogens with zero attached hydrogens (tertiary/aromatic N) is 2. The zero-order valence-corrected chi connectivity index (χ0v) is 15.1. The van der Waals surface area contributed by atoms with E-state index in [1.165, 1.54) is 37.5 Å². The van der Waals surface area contributed by atoms with E-state index in [4.69, 9.17) is 0 Å². The molecule has 1 heterocycles. The molecule has 3 aromatic rings. The fraction of sp³-hybridized carbons (Fsp3) is 0.200. The van der Waals surface area contributed by atoms with Gasteiger partial charge in [0.1, 0.15) is 5.69 Å². The summed E-state index contributed by atoms with van der Waals surface area (Å²) < 4.78 is 54.2. The molecule has 0 atom stereocenters. The number of rotatable bonds is 5. The normalized spacial score (nSPS) is 11.7. The van der Waals surface area contributed by atoms with Gasteiger partial charge in [-0.2, -0.15) is 5.10 Å². The lowest BCUT2D eigenvalue weighted by Gasteiger charge is -2.14. The van der Waals surface area contributed by atoms with Gasteiger partial charge in [-0.3, -0.25) is 9.48 Å². The van der Waals surface area contributed by atoms with E-state index in [0.29, 0.717) is 16.8 Å². The predicted molar refractivity (Wildman–Crippen MR) is 97.6 cm³/mol. The number of nitrogens with one attached hydrogen (secondary N) is 1. The smallest absolute Gasteiger partial charge is 0.282 e. The Morgan fingerprint density at radius 2 is 1.75 bits per heavy atom. The third-order valence-corrected chi connectivity index (χ3v) is 4.19. The van der Waals surface area contributed by atoms with Crippen LogP contribution in [-0.4, -0.2) is 15.7 Å². The number of anilines is 1. The van der Waals surface area contributed by atoms with Gasteiger partial charge in [0.25, 0.3) is 18.3 Å². The third kappa shape index (κ3) is 4.05. The number of hydrogen-bond acceptors (Lipinski definition) is 2. The van der Waals surface area contributed by atoms with E-state index < -0.39 is 23.9 Å². The van der Waals surface area contributed by atoms with Crippen molar-refractivity contribution < 1.29 is 22.4 Å². The summed E-state index contributed by atoms with van der Waals surface area (Å²) in [5.41, 5.74) is 0.580. The monoisotopic (exact) mass is 391 g/mol. The minimum absolute atomic E-state index is 0.130. The molecule has 0 aliphatic heterocycles. The first-order valence-corrected chi connectivity index (χ1v) is 8.37. The molecule has 2 aromatic carbocycles. The molecule has 0 saturated heterocycles. The summed E-state index contributed by atoms with van der Waals surface area (Å²) in [6.45, 7) is 0.810. The van der Waals surface area contributed by atoms with Gasteiger partial charge in [-0.1, -0.05) is 42.5 Å². The van der Waals surface area contributed by atoms with Gasteiger partial charge < -0.3 is 5.32 Å². The van der Waals surface area contributed by atoms with E-state index in [-0.39, 0.29) is 11.1 Å². The van der Waals surface area contributed by atoms with Crippen molar-refractivity contribution in [1.29, 1.82) is 0 Å². The van der Waals surface area contributed by atoms with Gasteiger partial charge in [0.15, 0.2) is 0 Å². The molecule has 1 N–H and O–H groups in total. The Kier molecular flexibility index (Phi) is 5.22. The van der Waals surface area contributed by atoms with Gasteiger partial charge in [0.05, 0.1) is 5.56 Å². The topological polar surface area (TPSA) is 46.9 Å². The van der Waals surface area contributed by atoms with Crippen molar-refractivity contribution in [3.8, 4) is 11.1 Å². The van der Waals surface area contributed by atoms with Crippen LogP contribution in [-0.2, 0) is 13.0 Å². The van der Waals surface area contributed by atoms with Crippen LogP contribution in [0.1, 0.15) is 35.0 Å². The molecular weight excluding hydrogens is 374 g/mol. The van der Waals surface area contributed by atoms with Crippen molar-refractivity contribution >= 4 is 11.6 Å². The van der Waals surface area contributed by atoms with Crippen molar-refractivity contribution in [3.63, 3.8) is 0 Å². The van der Waals surface area contributed by atoms with Crippen LogP contribution in [0.4, 0.5) is 23.2 Å². The van der Waals surface area contributed by atoms with Crippen LogP contribution in [0.3, 0.4) is 0 Å². The molecule has 8 heteroatoms. The Morgan fingerprint density at radius 3 is 2.36 bits per heavy atom. The number of alkyl halides is 4. The lowest BCUT2D eigenvalue weighted by Crippen LogP contribution is -2.14. The SMILES string of the molecule is Cn1cc(C(=O)Nc2ccccc2-c2ccc(C(C)(F)F)cc2)c(C(F)F)n1. The Labute approximate surface area is 158 Å². The zero-order chi connectivity index (χ0) is 20.5. The predicted octanol–water partition coefficient (Wildman–Crippen LogP) is 5.39. The minimum Gasteiger partial charge on any atom is -0.321 e. The number of hydrogen-bond donors (Lipinski definition) is 1. The van der Waals surface area contributed by atoms with Crippen molar-refractivity contribution in [2.24, 2.45) is 7.05 Å². The highest BCUT2D eigenvalue weighted by Crippen LogP contribution is 2.32. The molecule has 0 spiro atoms. The first-order valence-electron chi connectivity index (χ1n) is 8.37. The molecule has 1 aromatic heterocycles. The highest BCUT2D eigenvalue weighted by Gasteiger charge is 2.25. The first kappa shape index (κ1) is 19.6. The molecule has 1 amide bonds. The number of para-hydroxylation sites is 1. The summed E-state index contributed by atoms with van der Waals surface area (Å²) in [6.07, 6.45) is -1.67. The Bertz CT molecular complexity index is 991. The molecule has 0 aliphatic rings. The van der Waals surface area contributed by atoms with Crippen LogP contribution in [0.25, 0.3) is 11.1 Å². The number of benzene rings is 2. The van der Waals surface area contributed by atoms with Crippen LogP contribution in [0.5, 0.6) is 0 Å². The second kappa shape index (κ2) is 7.46. The van der Waals surface area contributed by atoms with Crippen LogP contribution in [0, 0.1) is 0 Å². The molecule has 3 rings (SSSR count). The molecule has 0 radical (unpaired) electrons. The summed E-state index contributed by atoms with van der Waals surface area (Å²) in [4.78, 5) is 12.5. The van der Waals surface area contributed by atoms with E-state index in [1.807, 2.05) is 0 Å². The number of carbonyl (C=O) groups excluding carboxylic acids is 1. The van der Waals surface area contributed by atoms with E-state index in [0.717, 1.165) is 11.6 Å². The summed E-state index contributed by atoms with van der Waals surface area (Å²) in [6, 6.07) is 12.4. The first-order chi connectivity index (χ1) is 13.2. The summed E-state index contributed by atoms with van der Waals surface area (Å²) in [7, 11) is 1.45. The lowest BCUT2D eigenvalue weighted by atomic mass is 10.0. The standard InChI is InChI=1S/C20H17F4N3O/c1-20(23,24)13-9-7-12(8-10-13)14-5-3-4-6-16(14)25-19(28)15-11-27(2)26-17(15)18(21)22/h3-11,18H,1-2H3,(H,25,28). The number of aromatic nitrogens is 2. The van der Waals surface area contributed by atoms with Gasteiger partial charge in [-0.05, 0) is 11.6 Å². The van der Waals surface area contributed by atoms with Gasteiger partial charge in [0, 0.05) is 37.0 Å². The molecule has 28 heavy (non-hydrogen) atoms. The van der Waals surface area contributed by atoms with E-state index in [1.54, 1.807) is 24.3 Å². The van der Waals surface area contributed by atoms with Gasteiger partial charge in [0.2, 0.25) is 0 Å². The number of amides is 1. The maximum absolute atomic E-state index is 13.4. The van der Waals surface area contributed by atoms with Gasteiger partial charge in [-0.25, -0.2) is 17.6 Å². The third-order valence-electron chi connectivity index (χ3n) is 4.19. The van der Waals surface area contributed by atoms with Crippen molar-refractivity contribution in [1.82, 2.24) is 9.78 Å². The van der Waals surface area contributed by atoms with Crippen molar-refractivity contribution in [3.05, 3.63) is 71.5 Å². The van der Waals surface area contributed by atoms with Crippen LogP contribution >= 0.6 is 0 Å². The quantitative estimate of drug-likeness (QED) is 0.593. The van der Waals surface area contributed by atoms with Crippen LogP contribution < -0.4 is 5.32 Å². The molecule has 146 valence electrons. The maximum atomic E-state index is 13.4. The molecule has 0 fully saturated rings.